The van der Waals surface area contributed by atoms with Crippen LogP contribution in [0.15, 0.2) is 63.6 Å². The molecular formula is C23H22N4O2S2. The number of carbonyl (C=O) groups excluding carboxylic acids is 1. The van der Waals surface area contributed by atoms with E-state index < -0.39 is 0 Å². The van der Waals surface area contributed by atoms with Gasteiger partial charge in [-0.1, -0.05) is 48.5 Å². The van der Waals surface area contributed by atoms with E-state index >= 15 is 0 Å². The highest BCUT2D eigenvalue weighted by atomic mass is 32.2. The molecule has 0 aliphatic carbocycles. The summed E-state index contributed by atoms with van der Waals surface area (Å²) in [6.45, 7) is 5.69. The van der Waals surface area contributed by atoms with Gasteiger partial charge in [-0.05, 0) is 43.2 Å². The lowest BCUT2D eigenvalue weighted by Crippen LogP contribution is -2.22. The van der Waals surface area contributed by atoms with E-state index in [4.69, 9.17) is 4.42 Å². The first-order chi connectivity index (χ1) is 15.0. The van der Waals surface area contributed by atoms with Gasteiger partial charge in [0.2, 0.25) is 11.8 Å². The highest BCUT2D eigenvalue weighted by molar-refractivity contribution is 7.98. The number of thioether (sulfide) groups is 1. The summed E-state index contributed by atoms with van der Waals surface area (Å²) in [5, 5.41) is 11.3. The molecule has 8 heteroatoms. The van der Waals surface area contributed by atoms with Gasteiger partial charge >= 0.3 is 0 Å². The van der Waals surface area contributed by atoms with E-state index in [0.717, 1.165) is 23.4 Å². The van der Waals surface area contributed by atoms with E-state index in [0.29, 0.717) is 22.0 Å². The van der Waals surface area contributed by atoms with Crippen LogP contribution in [0.25, 0.3) is 11.5 Å². The Morgan fingerprint density at radius 3 is 2.52 bits per heavy atom. The van der Waals surface area contributed by atoms with Crippen LogP contribution in [-0.4, -0.2) is 21.1 Å². The number of hydrogen-bond donors (Lipinski definition) is 0. The minimum Gasteiger partial charge on any atom is -0.411 e. The summed E-state index contributed by atoms with van der Waals surface area (Å²) >= 11 is 2.87. The number of amides is 1. The van der Waals surface area contributed by atoms with Crippen molar-refractivity contribution in [1.29, 1.82) is 0 Å². The largest absolute Gasteiger partial charge is 0.411 e. The Morgan fingerprint density at radius 1 is 1.10 bits per heavy atom. The molecule has 0 atom stereocenters. The molecule has 0 saturated heterocycles. The van der Waals surface area contributed by atoms with Gasteiger partial charge in [-0.15, -0.1) is 21.5 Å². The number of nitrogens with zero attached hydrogens (tertiary/aromatic N) is 4. The van der Waals surface area contributed by atoms with Crippen molar-refractivity contribution in [2.45, 2.75) is 38.2 Å². The molecule has 0 N–H and O–H groups in total. The first-order valence-electron chi connectivity index (χ1n) is 9.91. The number of aromatic nitrogens is 3. The smallest absolute Gasteiger partial charge is 0.277 e. The zero-order valence-electron chi connectivity index (χ0n) is 17.5. The summed E-state index contributed by atoms with van der Waals surface area (Å²) in [4.78, 5) is 18.6. The van der Waals surface area contributed by atoms with Gasteiger partial charge in [0, 0.05) is 23.6 Å². The third-order valence-corrected chi connectivity index (χ3v) is 6.42. The molecule has 0 fully saturated rings. The minimum absolute atomic E-state index is 0.0718. The lowest BCUT2D eigenvalue weighted by atomic mass is 10.1. The molecule has 6 nitrogen and oxygen atoms in total. The van der Waals surface area contributed by atoms with Crippen LogP contribution >= 0.6 is 23.1 Å². The molecule has 0 unspecified atom stereocenters. The maximum absolute atomic E-state index is 12.3. The lowest BCUT2D eigenvalue weighted by molar-refractivity contribution is -0.115. The van der Waals surface area contributed by atoms with Gasteiger partial charge in [-0.3, -0.25) is 9.69 Å². The van der Waals surface area contributed by atoms with Gasteiger partial charge < -0.3 is 4.42 Å². The molecule has 2 aromatic heterocycles. The van der Waals surface area contributed by atoms with E-state index in [2.05, 4.69) is 22.1 Å². The topological polar surface area (TPSA) is 72.1 Å². The predicted molar refractivity (Wildman–Crippen MR) is 125 cm³/mol. The Labute approximate surface area is 189 Å². The van der Waals surface area contributed by atoms with Crippen molar-refractivity contribution in [3.63, 3.8) is 0 Å². The number of anilines is 2. The van der Waals surface area contributed by atoms with Crippen LogP contribution in [-0.2, 0) is 17.0 Å². The highest BCUT2D eigenvalue weighted by Crippen LogP contribution is 2.32. The summed E-state index contributed by atoms with van der Waals surface area (Å²) in [7, 11) is 0. The molecule has 0 radical (unpaired) electrons. The number of benzene rings is 2. The fourth-order valence-corrected chi connectivity index (χ4v) is 4.64. The Hall–Kier alpha value is -2.97. The van der Waals surface area contributed by atoms with E-state index in [9.17, 15) is 4.79 Å². The van der Waals surface area contributed by atoms with Crippen molar-refractivity contribution in [2.75, 3.05) is 4.90 Å². The van der Waals surface area contributed by atoms with Crippen LogP contribution in [0.5, 0.6) is 0 Å². The molecular weight excluding hydrogens is 428 g/mol. The third kappa shape index (κ3) is 5.03. The second-order valence-corrected chi connectivity index (χ2v) is 8.79. The van der Waals surface area contributed by atoms with E-state index in [1.165, 1.54) is 34.2 Å². The first kappa shape index (κ1) is 21.3. The standard InChI is InChI=1S/C23H22N4O2S2/c1-4-17-7-11-20(12-8-17)27(16(3)28)22-24-19(13-30-22)14-31-23-26-25-21(29-23)18-9-5-15(2)6-10-18/h5-13H,4,14H2,1-3H3. The molecule has 2 aromatic carbocycles. The Morgan fingerprint density at radius 2 is 1.84 bits per heavy atom. The van der Waals surface area contributed by atoms with E-state index in [-0.39, 0.29) is 5.91 Å². The molecule has 4 rings (SSSR count). The van der Waals surface area contributed by atoms with Crippen molar-refractivity contribution in [3.8, 4) is 11.5 Å². The summed E-state index contributed by atoms with van der Waals surface area (Å²) in [5.74, 6) is 1.00. The Bertz CT molecular complexity index is 1170. The van der Waals surface area contributed by atoms with Crippen molar-refractivity contribution in [3.05, 3.63) is 70.7 Å². The zero-order valence-corrected chi connectivity index (χ0v) is 19.2. The average molecular weight is 451 g/mol. The van der Waals surface area contributed by atoms with Gasteiger partial charge in [0.05, 0.1) is 11.4 Å². The summed E-state index contributed by atoms with van der Waals surface area (Å²) in [5.41, 5.74) is 4.98. The first-order valence-corrected chi connectivity index (χ1v) is 11.8. The number of thiazole rings is 1. The van der Waals surface area contributed by atoms with Crippen LogP contribution in [0.3, 0.4) is 0 Å². The molecule has 4 aromatic rings. The van der Waals surface area contributed by atoms with Gasteiger partial charge in [0.15, 0.2) is 5.13 Å². The van der Waals surface area contributed by atoms with Crippen molar-refractivity contribution < 1.29 is 9.21 Å². The van der Waals surface area contributed by atoms with Crippen LogP contribution in [0.1, 0.15) is 30.7 Å². The van der Waals surface area contributed by atoms with Gasteiger partial charge in [-0.2, -0.15) is 0 Å². The predicted octanol–water partition coefficient (Wildman–Crippen LogP) is 6.04. The lowest BCUT2D eigenvalue weighted by Gasteiger charge is -2.18. The molecule has 158 valence electrons. The van der Waals surface area contributed by atoms with E-state index in [1.54, 1.807) is 11.8 Å². The number of hydrogen-bond acceptors (Lipinski definition) is 7. The molecule has 2 heterocycles. The molecule has 1 amide bonds. The molecule has 0 spiro atoms. The maximum Gasteiger partial charge on any atom is 0.277 e. The van der Waals surface area contributed by atoms with E-state index in [1.807, 2.05) is 60.8 Å². The number of carbonyl (C=O) groups is 1. The summed E-state index contributed by atoms with van der Waals surface area (Å²) < 4.78 is 5.77. The number of aryl methyl sites for hydroxylation is 2. The van der Waals surface area contributed by atoms with Gasteiger partial charge in [0.25, 0.3) is 5.22 Å². The fourth-order valence-electron chi connectivity index (χ4n) is 2.99. The molecule has 0 bridgehead atoms. The van der Waals surface area contributed by atoms with Crippen molar-refractivity contribution in [1.82, 2.24) is 15.2 Å². The van der Waals surface area contributed by atoms with Crippen LogP contribution in [0.2, 0.25) is 0 Å². The molecule has 0 aliphatic heterocycles. The normalized spacial score (nSPS) is 10.9. The summed E-state index contributed by atoms with van der Waals surface area (Å²) in [6, 6.07) is 16.0. The monoisotopic (exact) mass is 450 g/mol. The fraction of sp³-hybridized carbons (Fsp3) is 0.217. The quantitative estimate of drug-likeness (QED) is 0.320. The van der Waals surface area contributed by atoms with Crippen molar-refractivity contribution >= 4 is 39.8 Å². The molecule has 31 heavy (non-hydrogen) atoms. The summed E-state index contributed by atoms with van der Waals surface area (Å²) in [6.07, 6.45) is 0.959. The highest BCUT2D eigenvalue weighted by Gasteiger charge is 2.18. The Balaban J connectivity index is 1.44. The van der Waals surface area contributed by atoms with Crippen LogP contribution < -0.4 is 4.90 Å². The number of rotatable bonds is 7. The Kier molecular flexibility index (Phi) is 6.48. The van der Waals surface area contributed by atoms with Crippen molar-refractivity contribution in [2.24, 2.45) is 0 Å². The van der Waals surface area contributed by atoms with Crippen LogP contribution in [0, 0.1) is 6.92 Å². The minimum atomic E-state index is -0.0718. The molecule has 0 saturated carbocycles. The third-order valence-electron chi connectivity index (χ3n) is 4.70. The zero-order chi connectivity index (χ0) is 21.8. The SMILES string of the molecule is CCc1ccc(N(C(C)=O)c2nc(CSc3nnc(-c4ccc(C)cc4)o3)cs2)cc1. The molecule has 0 aliphatic rings. The van der Waals surface area contributed by atoms with Gasteiger partial charge in [-0.25, -0.2) is 4.98 Å². The van der Waals surface area contributed by atoms with Gasteiger partial charge in [0.1, 0.15) is 0 Å². The average Bonchev–Trinajstić information content (AvgIpc) is 3.43. The van der Waals surface area contributed by atoms with Crippen LogP contribution in [0.4, 0.5) is 10.8 Å². The second-order valence-electron chi connectivity index (χ2n) is 7.02. The maximum atomic E-state index is 12.3. The second kappa shape index (κ2) is 9.45.